The van der Waals surface area contributed by atoms with Crippen molar-refractivity contribution in [3.8, 4) is 0 Å². The molecule has 0 saturated carbocycles. The lowest BCUT2D eigenvalue weighted by molar-refractivity contribution is 0.135. The summed E-state index contributed by atoms with van der Waals surface area (Å²) >= 11 is 0. The summed E-state index contributed by atoms with van der Waals surface area (Å²) in [4.78, 5) is 13.8. The number of benzene rings is 2. The predicted octanol–water partition coefficient (Wildman–Crippen LogP) is 3.24. The van der Waals surface area contributed by atoms with E-state index in [1.807, 2.05) is 30.3 Å². The van der Waals surface area contributed by atoms with Crippen molar-refractivity contribution in [2.24, 2.45) is 0 Å². The number of hydrogen-bond acceptors (Lipinski definition) is 2. The van der Waals surface area contributed by atoms with Gasteiger partial charge in [-0.05, 0) is 30.7 Å². The highest BCUT2D eigenvalue weighted by Crippen LogP contribution is 2.12. The monoisotopic (exact) mass is 302 g/mol. The molecule has 116 valence electrons. The standard InChI is InChI=1S/C17H19FN2O2/c1-13(21)11-20(12-14-6-3-2-4-7-14)17(22)19-16-9-5-8-15(18)10-16/h2-10,13,21H,11-12H2,1H3,(H,19,22). The van der Waals surface area contributed by atoms with Crippen LogP contribution in [0.4, 0.5) is 14.9 Å². The quantitative estimate of drug-likeness (QED) is 0.891. The second-order valence-electron chi connectivity index (χ2n) is 5.16. The Labute approximate surface area is 129 Å². The molecule has 2 aromatic carbocycles. The summed E-state index contributed by atoms with van der Waals surface area (Å²) in [5.74, 6) is -0.414. The number of nitrogens with zero attached hydrogens (tertiary/aromatic N) is 1. The Balaban J connectivity index is 2.09. The Kier molecular flexibility index (Phi) is 5.49. The molecule has 0 heterocycles. The molecule has 0 aliphatic carbocycles. The van der Waals surface area contributed by atoms with E-state index in [9.17, 15) is 14.3 Å². The molecule has 2 rings (SSSR count). The van der Waals surface area contributed by atoms with Crippen molar-refractivity contribution in [2.75, 3.05) is 11.9 Å². The number of carbonyl (C=O) groups is 1. The van der Waals surface area contributed by atoms with Crippen LogP contribution in [0.2, 0.25) is 0 Å². The van der Waals surface area contributed by atoms with Gasteiger partial charge in [-0.1, -0.05) is 36.4 Å². The third-order valence-corrected chi connectivity index (χ3v) is 3.06. The SMILES string of the molecule is CC(O)CN(Cc1ccccc1)C(=O)Nc1cccc(F)c1. The number of hydrogen-bond donors (Lipinski definition) is 2. The molecule has 0 aliphatic heterocycles. The highest BCUT2D eigenvalue weighted by Gasteiger charge is 2.16. The first-order valence-electron chi connectivity index (χ1n) is 7.08. The van der Waals surface area contributed by atoms with Gasteiger partial charge in [-0.2, -0.15) is 0 Å². The lowest BCUT2D eigenvalue weighted by atomic mass is 10.2. The highest BCUT2D eigenvalue weighted by molar-refractivity contribution is 5.89. The molecule has 4 nitrogen and oxygen atoms in total. The molecule has 0 bridgehead atoms. The van der Waals surface area contributed by atoms with Crippen LogP contribution < -0.4 is 5.32 Å². The van der Waals surface area contributed by atoms with Crippen molar-refractivity contribution < 1.29 is 14.3 Å². The average Bonchev–Trinajstić information content (AvgIpc) is 2.47. The highest BCUT2D eigenvalue weighted by atomic mass is 19.1. The second-order valence-corrected chi connectivity index (χ2v) is 5.16. The topological polar surface area (TPSA) is 52.6 Å². The van der Waals surface area contributed by atoms with Gasteiger partial charge in [0.1, 0.15) is 5.82 Å². The van der Waals surface area contributed by atoms with E-state index in [-0.39, 0.29) is 12.6 Å². The lowest BCUT2D eigenvalue weighted by Crippen LogP contribution is -2.39. The summed E-state index contributed by atoms with van der Waals surface area (Å²) in [5, 5.41) is 12.2. The summed E-state index contributed by atoms with van der Waals surface area (Å²) in [5.41, 5.74) is 1.34. The first-order valence-corrected chi connectivity index (χ1v) is 7.08. The van der Waals surface area contributed by atoms with E-state index in [1.54, 1.807) is 13.0 Å². The fraction of sp³-hybridized carbons (Fsp3) is 0.235. The van der Waals surface area contributed by atoms with Crippen molar-refractivity contribution in [1.29, 1.82) is 0 Å². The van der Waals surface area contributed by atoms with Crippen LogP contribution in [-0.2, 0) is 6.54 Å². The van der Waals surface area contributed by atoms with Crippen LogP contribution in [0.15, 0.2) is 54.6 Å². The Hall–Kier alpha value is -2.40. The molecule has 0 spiro atoms. The van der Waals surface area contributed by atoms with Gasteiger partial charge in [0.25, 0.3) is 0 Å². The predicted molar refractivity (Wildman–Crippen MR) is 84.0 cm³/mol. The maximum Gasteiger partial charge on any atom is 0.322 e. The number of aliphatic hydroxyl groups excluding tert-OH is 1. The third-order valence-electron chi connectivity index (χ3n) is 3.06. The average molecular weight is 302 g/mol. The van der Waals surface area contributed by atoms with Gasteiger partial charge in [0, 0.05) is 18.8 Å². The number of anilines is 1. The maximum atomic E-state index is 13.2. The van der Waals surface area contributed by atoms with Gasteiger partial charge in [-0.15, -0.1) is 0 Å². The minimum Gasteiger partial charge on any atom is -0.392 e. The zero-order valence-electron chi connectivity index (χ0n) is 12.4. The van der Waals surface area contributed by atoms with Gasteiger partial charge in [0.2, 0.25) is 0 Å². The number of amides is 2. The molecule has 1 atom stereocenters. The molecule has 22 heavy (non-hydrogen) atoms. The van der Waals surface area contributed by atoms with E-state index in [0.29, 0.717) is 12.2 Å². The van der Waals surface area contributed by atoms with E-state index >= 15 is 0 Å². The second kappa shape index (κ2) is 7.56. The van der Waals surface area contributed by atoms with E-state index < -0.39 is 11.9 Å². The van der Waals surface area contributed by atoms with E-state index in [0.717, 1.165) is 5.56 Å². The van der Waals surface area contributed by atoms with Crippen molar-refractivity contribution >= 4 is 11.7 Å². The molecule has 5 heteroatoms. The first kappa shape index (κ1) is 16.0. The van der Waals surface area contributed by atoms with Crippen LogP contribution in [0, 0.1) is 5.82 Å². The minimum absolute atomic E-state index is 0.191. The maximum absolute atomic E-state index is 13.2. The summed E-state index contributed by atoms with van der Waals surface area (Å²) < 4.78 is 13.2. The third kappa shape index (κ3) is 4.86. The molecule has 2 N–H and O–H groups in total. The molecule has 0 saturated heterocycles. The van der Waals surface area contributed by atoms with Crippen molar-refractivity contribution in [2.45, 2.75) is 19.6 Å². The van der Waals surface area contributed by atoms with Crippen LogP contribution in [0.25, 0.3) is 0 Å². The molecular weight excluding hydrogens is 283 g/mol. The number of aliphatic hydroxyl groups is 1. The van der Waals surface area contributed by atoms with E-state index in [1.165, 1.54) is 23.1 Å². The summed E-state index contributed by atoms with van der Waals surface area (Å²) in [6.45, 7) is 2.18. The van der Waals surface area contributed by atoms with Crippen LogP contribution >= 0.6 is 0 Å². The van der Waals surface area contributed by atoms with Crippen LogP contribution in [0.3, 0.4) is 0 Å². The minimum atomic E-state index is -0.651. The lowest BCUT2D eigenvalue weighted by Gasteiger charge is -2.24. The molecule has 0 aliphatic rings. The van der Waals surface area contributed by atoms with Crippen molar-refractivity contribution in [3.63, 3.8) is 0 Å². The molecule has 2 amide bonds. The Bertz CT molecular complexity index is 617. The van der Waals surface area contributed by atoms with Crippen LogP contribution in [0.1, 0.15) is 12.5 Å². The van der Waals surface area contributed by atoms with Gasteiger partial charge >= 0.3 is 6.03 Å². The summed E-state index contributed by atoms with van der Waals surface area (Å²) in [6.07, 6.45) is -0.651. The zero-order valence-corrected chi connectivity index (χ0v) is 12.4. The van der Waals surface area contributed by atoms with Crippen LogP contribution in [-0.4, -0.2) is 28.7 Å². The smallest absolute Gasteiger partial charge is 0.322 e. The number of carbonyl (C=O) groups excluding carboxylic acids is 1. The Morgan fingerprint density at radius 1 is 1.23 bits per heavy atom. The summed E-state index contributed by atoms with van der Waals surface area (Å²) in [7, 11) is 0. The fourth-order valence-corrected chi connectivity index (χ4v) is 2.11. The van der Waals surface area contributed by atoms with Crippen molar-refractivity contribution in [1.82, 2.24) is 4.90 Å². The van der Waals surface area contributed by atoms with Gasteiger partial charge < -0.3 is 15.3 Å². The number of urea groups is 1. The molecule has 2 aromatic rings. The summed E-state index contributed by atoms with van der Waals surface area (Å²) in [6, 6.07) is 14.8. The van der Waals surface area contributed by atoms with E-state index in [2.05, 4.69) is 5.32 Å². The van der Waals surface area contributed by atoms with Gasteiger partial charge in [0.05, 0.1) is 6.10 Å². The Morgan fingerprint density at radius 2 is 1.95 bits per heavy atom. The first-order chi connectivity index (χ1) is 10.5. The molecular formula is C17H19FN2O2. The Morgan fingerprint density at radius 3 is 2.59 bits per heavy atom. The fourth-order valence-electron chi connectivity index (χ4n) is 2.11. The number of rotatable bonds is 5. The molecule has 1 unspecified atom stereocenters. The number of halogens is 1. The van der Waals surface area contributed by atoms with E-state index in [4.69, 9.17) is 0 Å². The normalized spacial score (nSPS) is 11.8. The zero-order chi connectivity index (χ0) is 15.9. The van der Waals surface area contributed by atoms with Gasteiger partial charge in [-0.3, -0.25) is 0 Å². The number of nitrogens with one attached hydrogen (secondary N) is 1. The molecule has 0 radical (unpaired) electrons. The molecule has 0 fully saturated rings. The van der Waals surface area contributed by atoms with Gasteiger partial charge in [0.15, 0.2) is 0 Å². The molecule has 0 aromatic heterocycles. The van der Waals surface area contributed by atoms with Gasteiger partial charge in [-0.25, -0.2) is 9.18 Å². The largest absolute Gasteiger partial charge is 0.392 e. The van der Waals surface area contributed by atoms with Crippen molar-refractivity contribution in [3.05, 3.63) is 66.0 Å². The van der Waals surface area contributed by atoms with Crippen LogP contribution in [0.5, 0.6) is 0 Å².